The second-order valence-corrected chi connectivity index (χ2v) is 5.15. The van der Waals surface area contributed by atoms with E-state index in [0.717, 1.165) is 12.5 Å². The van der Waals surface area contributed by atoms with Crippen LogP contribution in [0.1, 0.15) is 49.3 Å². The Morgan fingerprint density at radius 2 is 2.12 bits per heavy atom. The van der Waals surface area contributed by atoms with Crippen molar-refractivity contribution in [3.63, 3.8) is 0 Å². The fraction of sp³-hybridized carbons (Fsp3) is 0.769. The maximum atomic E-state index is 4.73. The van der Waals surface area contributed by atoms with Crippen molar-refractivity contribution in [3.05, 3.63) is 17.2 Å². The van der Waals surface area contributed by atoms with Gasteiger partial charge in [0.15, 0.2) is 0 Å². The van der Waals surface area contributed by atoms with Crippen LogP contribution in [0.5, 0.6) is 0 Å². The first kappa shape index (κ1) is 10.3. The molecule has 2 aliphatic rings. The third kappa shape index (κ3) is 2.14. The van der Waals surface area contributed by atoms with Gasteiger partial charge in [-0.15, -0.1) is 0 Å². The van der Waals surface area contributed by atoms with Crippen molar-refractivity contribution in [2.75, 3.05) is 6.54 Å². The van der Waals surface area contributed by atoms with Crippen molar-refractivity contribution < 1.29 is 0 Å². The van der Waals surface area contributed by atoms with Gasteiger partial charge in [-0.2, -0.15) is 0 Å². The van der Waals surface area contributed by atoms with Crippen LogP contribution in [0.25, 0.3) is 0 Å². The Morgan fingerprint density at radius 3 is 2.94 bits per heavy atom. The molecule has 1 aliphatic carbocycles. The van der Waals surface area contributed by atoms with Crippen molar-refractivity contribution in [1.82, 2.24) is 15.3 Å². The van der Waals surface area contributed by atoms with Gasteiger partial charge in [-0.1, -0.05) is 0 Å². The summed E-state index contributed by atoms with van der Waals surface area (Å²) in [5.74, 6) is 1.22. The number of nitrogens with zero attached hydrogens (tertiary/aromatic N) is 1. The maximum Gasteiger partial charge on any atom is 0.106 e. The van der Waals surface area contributed by atoms with Gasteiger partial charge in [-0.25, -0.2) is 4.98 Å². The number of hydrogen-bond donors (Lipinski definition) is 2. The van der Waals surface area contributed by atoms with Gasteiger partial charge in [0.25, 0.3) is 0 Å². The number of aromatic amines is 1. The SMILES string of the molecule is C1CCc2[nH]c(CCC3CCCN3)nc2C1. The number of aryl methyl sites for hydroxylation is 3. The average molecular weight is 219 g/mol. The Morgan fingerprint density at radius 1 is 1.19 bits per heavy atom. The molecule has 0 amide bonds. The molecule has 0 radical (unpaired) electrons. The van der Waals surface area contributed by atoms with Crippen LogP contribution in [0.15, 0.2) is 0 Å². The third-order valence-electron chi connectivity index (χ3n) is 3.90. The molecule has 2 N–H and O–H groups in total. The van der Waals surface area contributed by atoms with Crippen molar-refractivity contribution in [2.24, 2.45) is 0 Å². The molecule has 16 heavy (non-hydrogen) atoms. The van der Waals surface area contributed by atoms with E-state index in [-0.39, 0.29) is 0 Å². The van der Waals surface area contributed by atoms with Crippen LogP contribution < -0.4 is 5.32 Å². The number of imidazole rings is 1. The summed E-state index contributed by atoms with van der Waals surface area (Å²) in [5, 5.41) is 3.55. The first-order valence-electron chi connectivity index (χ1n) is 6.72. The minimum atomic E-state index is 0.738. The number of fused-ring (bicyclic) bond motifs is 1. The highest BCUT2D eigenvalue weighted by molar-refractivity contribution is 5.17. The van der Waals surface area contributed by atoms with Crippen LogP contribution in [0, 0.1) is 0 Å². The van der Waals surface area contributed by atoms with Gasteiger partial charge in [0, 0.05) is 18.2 Å². The molecule has 0 spiro atoms. The van der Waals surface area contributed by atoms with Crippen LogP contribution in [0.2, 0.25) is 0 Å². The van der Waals surface area contributed by atoms with Gasteiger partial charge in [0.05, 0.1) is 5.69 Å². The highest BCUT2D eigenvalue weighted by atomic mass is 15.0. The molecule has 1 saturated heterocycles. The normalized spacial score (nSPS) is 24.6. The molecule has 1 fully saturated rings. The van der Waals surface area contributed by atoms with Crippen molar-refractivity contribution in [1.29, 1.82) is 0 Å². The molecule has 1 aromatic rings. The first-order valence-corrected chi connectivity index (χ1v) is 6.72. The second kappa shape index (κ2) is 4.58. The van der Waals surface area contributed by atoms with E-state index in [4.69, 9.17) is 4.98 Å². The zero-order chi connectivity index (χ0) is 10.8. The lowest BCUT2D eigenvalue weighted by Crippen LogP contribution is -2.21. The van der Waals surface area contributed by atoms with Gasteiger partial charge in [0.2, 0.25) is 0 Å². The summed E-state index contributed by atoms with van der Waals surface area (Å²) in [7, 11) is 0. The van der Waals surface area contributed by atoms with Gasteiger partial charge in [-0.05, 0) is 51.5 Å². The standard InChI is InChI=1S/C13H21N3/c1-2-6-12-11(5-1)15-13(16-12)8-7-10-4-3-9-14-10/h10,14H,1-9H2,(H,15,16). The lowest BCUT2D eigenvalue weighted by Gasteiger charge is -2.07. The number of H-pyrrole nitrogens is 1. The van der Waals surface area contributed by atoms with E-state index in [0.29, 0.717) is 0 Å². The molecule has 0 saturated carbocycles. The molecule has 1 aromatic heterocycles. The van der Waals surface area contributed by atoms with Crippen LogP contribution in [-0.4, -0.2) is 22.6 Å². The number of nitrogens with one attached hydrogen (secondary N) is 2. The van der Waals surface area contributed by atoms with E-state index in [1.54, 1.807) is 0 Å². The minimum Gasteiger partial charge on any atom is -0.346 e. The van der Waals surface area contributed by atoms with Gasteiger partial charge >= 0.3 is 0 Å². The minimum absolute atomic E-state index is 0.738. The number of hydrogen-bond acceptors (Lipinski definition) is 2. The third-order valence-corrected chi connectivity index (χ3v) is 3.90. The summed E-state index contributed by atoms with van der Waals surface area (Å²) in [6.07, 6.45) is 10.1. The van der Waals surface area contributed by atoms with Gasteiger partial charge < -0.3 is 10.3 Å². The molecule has 3 rings (SSSR count). The lowest BCUT2D eigenvalue weighted by molar-refractivity contribution is 0.552. The molecule has 1 unspecified atom stereocenters. The quantitative estimate of drug-likeness (QED) is 0.816. The molecule has 3 heteroatoms. The Kier molecular flexibility index (Phi) is 2.96. The smallest absolute Gasteiger partial charge is 0.106 e. The Bertz CT molecular complexity index is 327. The predicted molar refractivity (Wildman–Crippen MR) is 64.6 cm³/mol. The summed E-state index contributed by atoms with van der Waals surface area (Å²) in [6, 6.07) is 0.738. The van der Waals surface area contributed by atoms with Crippen molar-refractivity contribution in [3.8, 4) is 0 Å². The van der Waals surface area contributed by atoms with Gasteiger partial charge in [0.1, 0.15) is 5.82 Å². The molecule has 1 aliphatic heterocycles. The molecular formula is C13H21N3. The van der Waals surface area contributed by atoms with E-state index in [1.807, 2.05) is 0 Å². The first-order chi connectivity index (χ1) is 7.92. The Balaban J connectivity index is 1.59. The van der Waals surface area contributed by atoms with Crippen molar-refractivity contribution >= 4 is 0 Å². The summed E-state index contributed by atoms with van der Waals surface area (Å²) < 4.78 is 0. The topological polar surface area (TPSA) is 40.7 Å². The number of rotatable bonds is 3. The highest BCUT2D eigenvalue weighted by Crippen LogP contribution is 2.20. The molecule has 0 bridgehead atoms. The van der Waals surface area contributed by atoms with Gasteiger partial charge in [-0.3, -0.25) is 0 Å². The average Bonchev–Trinajstić information content (AvgIpc) is 2.95. The largest absolute Gasteiger partial charge is 0.346 e. The summed E-state index contributed by atoms with van der Waals surface area (Å²) in [4.78, 5) is 8.25. The second-order valence-electron chi connectivity index (χ2n) is 5.15. The van der Waals surface area contributed by atoms with E-state index >= 15 is 0 Å². The maximum absolute atomic E-state index is 4.73. The molecule has 1 atom stereocenters. The monoisotopic (exact) mass is 219 g/mol. The summed E-state index contributed by atoms with van der Waals surface area (Å²) in [6.45, 7) is 1.21. The van der Waals surface area contributed by atoms with Crippen LogP contribution in [0.3, 0.4) is 0 Å². The Labute approximate surface area is 97.0 Å². The fourth-order valence-corrected chi connectivity index (χ4v) is 2.94. The van der Waals surface area contributed by atoms with E-state index < -0.39 is 0 Å². The molecule has 3 nitrogen and oxygen atoms in total. The zero-order valence-electron chi connectivity index (χ0n) is 9.89. The molecule has 0 aromatic carbocycles. The summed E-state index contributed by atoms with van der Waals surface area (Å²) in [5.41, 5.74) is 2.77. The zero-order valence-corrected chi connectivity index (χ0v) is 9.89. The fourth-order valence-electron chi connectivity index (χ4n) is 2.94. The van der Waals surface area contributed by atoms with E-state index in [2.05, 4.69) is 10.3 Å². The molecule has 88 valence electrons. The number of aromatic nitrogens is 2. The molecular weight excluding hydrogens is 198 g/mol. The van der Waals surface area contributed by atoms with E-state index in [1.165, 1.54) is 68.7 Å². The molecule has 2 heterocycles. The van der Waals surface area contributed by atoms with Crippen molar-refractivity contribution in [2.45, 2.75) is 57.4 Å². The van der Waals surface area contributed by atoms with Crippen LogP contribution in [-0.2, 0) is 19.3 Å². The predicted octanol–water partition coefficient (Wildman–Crippen LogP) is 1.97. The van der Waals surface area contributed by atoms with E-state index in [9.17, 15) is 0 Å². The van der Waals surface area contributed by atoms with Crippen LogP contribution >= 0.6 is 0 Å². The Hall–Kier alpha value is -0.830. The summed E-state index contributed by atoms with van der Waals surface area (Å²) >= 11 is 0. The van der Waals surface area contributed by atoms with Crippen LogP contribution in [0.4, 0.5) is 0 Å². The lowest BCUT2D eigenvalue weighted by atomic mass is 10.0. The highest BCUT2D eigenvalue weighted by Gasteiger charge is 2.17.